The summed E-state index contributed by atoms with van der Waals surface area (Å²) < 4.78 is 11.5. The number of carbonyl (C=O) groups is 2. The van der Waals surface area contributed by atoms with E-state index in [0.29, 0.717) is 18.1 Å². The third-order valence-electron chi connectivity index (χ3n) is 6.28. The van der Waals surface area contributed by atoms with Crippen molar-refractivity contribution < 1.29 is 19.1 Å². The highest BCUT2D eigenvalue weighted by atomic mass is 16.5. The van der Waals surface area contributed by atoms with Crippen molar-refractivity contribution in [2.24, 2.45) is 5.92 Å². The fourth-order valence-electron chi connectivity index (χ4n) is 3.95. The number of aldehydes is 1. The summed E-state index contributed by atoms with van der Waals surface area (Å²) in [4.78, 5) is 21.8. The van der Waals surface area contributed by atoms with Gasteiger partial charge in [-0.2, -0.15) is 0 Å². The van der Waals surface area contributed by atoms with Crippen molar-refractivity contribution in [2.45, 2.75) is 34.1 Å². The van der Waals surface area contributed by atoms with Crippen molar-refractivity contribution in [1.82, 2.24) is 0 Å². The Hall–Kier alpha value is -5.36. The largest absolute Gasteiger partial charge is 0.457 e. The predicted molar refractivity (Wildman–Crippen MR) is 185 cm³/mol. The molecule has 1 amide bonds. The number of amides is 1. The number of anilines is 2. The summed E-state index contributed by atoms with van der Waals surface area (Å²) in [5.41, 5.74) is 4.95. The van der Waals surface area contributed by atoms with E-state index in [9.17, 15) is 9.59 Å². The van der Waals surface area contributed by atoms with Crippen LogP contribution in [-0.2, 0) is 4.79 Å². The molecule has 0 spiro atoms. The average molecular weight is 603 g/mol. The Morgan fingerprint density at radius 2 is 1.13 bits per heavy atom. The Balaban J connectivity index is 0.000000202. The standard InChI is InChI=1S/C18H21NO2.C14H15NO.C7H6O/c1-13(2)11-18(20)19-15-5-4-6-17(12-15)21-16-9-7-14(3)8-10-16;1-11-6-8-13(9-7-11)16-14-5-3-4-12(10-14)15-2;8-6-7-4-2-1-3-5-7/h4-10,12-13H,11H2,1-3H3,(H,19,20);3-10,15H,1-2H3;1-6H. The summed E-state index contributed by atoms with van der Waals surface area (Å²) in [7, 11) is 1.89. The Morgan fingerprint density at radius 3 is 1.58 bits per heavy atom. The molecule has 0 atom stereocenters. The van der Waals surface area contributed by atoms with E-state index < -0.39 is 0 Å². The number of benzene rings is 5. The van der Waals surface area contributed by atoms with Crippen molar-refractivity contribution in [3.63, 3.8) is 0 Å². The second-order valence-corrected chi connectivity index (χ2v) is 10.8. The van der Waals surface area contributed by atoms with Crippen LogP contribution in [0.5, 0.6) is 23.0 Å². The monoisotopic (exact) mass is 602 g/mol. The lowest BCUT2D eigenvalue weighted by Crippen LogP contribution is -2.13. The number of nitrogens with one attached hydrogen (secondary N) is 2. The van der Waals surface area contributed by atoms with Crippen LogP contribution in [0, 0.1) is 19.8 Å². The SMILES string of the molecule is CNc1cccc(Oc2ccc(C)cc2)c1.Cc1ccc(Oc2cccc(NC(=O)CC(C)C)c2)cc1.O=Cc1ccccc1. The smallest absolute Gasteiger partial charge is 0.224 e. The molecule has 0 saturated carbocycles. The number of hydrogen-bond acceptors (Lipinski definition) is 5. The first-order valence-electron chi connectivity index (χ1n) is 14.9. The van der Waals surface area contributed by atoms with Gasteiger partial charge in [-0.3, -0.25) is 9.59 Å². The highest BCUT2D eigenvalue weighted by Gasteiger charge is 2.06. The van der Waals surface area contributed by atoms with Crippen LogP contribution >= 0.6 is 0 Å². The minimum Gasteiger partial charge on any atom is -0.457 e. The van der Waals surface area contributed by atoms with Gasteiger partial charge in [-0.15, -0.1) is 0 Å². The maximum absolute atomic E-state index is 11.8. The summed E-state index contributed by atoms with van der Waals surface area (Å²) in [6, 6.07) is 40.3. The molecule has 232 valence electrons. The van der Waals surface area contributed by atoms with Gasteiger partial charge >= 0.3 is 0 Å². The summed E-state index contributed by atoms with van der Waals surface area (Å²) in [5, 5.41) is 5.97. The van der Waals surface area contributed by atoms with Gasteiger partial charge in [0.05, 0.1) is 0 Å². The van der Waals surface area contributed by atoms with Crippen molar-refractivity contribution in [3.05, 3.63) is 144 Å². The lowest BCUT2D eigenvalue weighted by atomic mass is 10.1. The van der Waals surface area contributed by atoms with Crippen molar-refractivity contribution in [1.29, 1.82) is 0 Å². The predicted octanol–water partition coefficient (Wildman–Crippen LogP) is 10.1. The fourth-order valence-corrected chi connectivity index (χ4v) is 3.95. The molecular weight excluding hydrogens is 560 g/mol. The van der Waals surface area contributed by atoms with Gasteiger partial charge in [-0.25, -0.2) is 0 Å². The Morgan fingerprint density at radius 1 is 0.644 bits per heavy atom. The number of rotatable bonds is 9. The van der Waals surface area contributed by atoms with Crippen molar-refractivity contribution >= 4 is 23.6 Å². The molecule has 0 fully saturated rings. The third-order valence-corrected chi connectivity index (χ3v) is 6.28. The zero-order chi connectivity index (χ0) is 32.4. The third kappa shape index (κ3) is 13.2. The van der Waals surface area contributed by atoms with Crippen LogP contribution in [0.2, 0.25) is 0 Å². The van der Waals surface area contributed by atoms with Gasteiger partial charge in [0.1, 0.15) is 29.3 Å². The molecule has 5 aromatic rings. The molecule has 2 N–H and O–H groups in total. The second-order valence-electron chi connectivity index (χ2n) is 10.8. The van der Waals surface area contributed by atoms with Crippen LogP contribution in [0.25, 0.3) is 0 Å². The molecule has 0 heterocycles. The number of ether oxygens (including phenoxy) is 2. The number of carbonyl (C=O) groups excluding carboxylic acids is 2. The van der Waals surface area contributed by atoms with Gasteiger partial charge in [0.15, 0.2) is 0 Å². The van der Waals surface area contributed by atoms with E-state index in [2.05, 4.69) is 17.6 Å². The summed E-state index contributed by atoms with van der Waals surface area (Å²) in [6.07, 6.45) is 1.35. The molecule has 0 aliphatic carbocycles. The van der Waals surface area contributed by atoms with Gasteiger partial charge < -0.3 is 20.1 Å². The quantitative estimate of drug-likeness (QED) is 0.164. The zero-order valence-electron chi connectivity index (χ0n) is 26.6. The molecule has 0 aliphatic rings. The first kappa shape index (κ1) is 34.1. The molecule has 6 heteroatoms. The lowest BCUT2D eigenvalue weighted by molar-refractivity contribution is -0.116. The molecule has 5 rings (SSSR count). The highest BCUT2D eigenvalue weighted by Crippen LogP contribution is 2.25. The van der Waals surface area contributed by atoms with Crippen LogP contribution in [-0.4, -0.2) is 19.2 Å². The number of aryl methyl sites for hydroxylation is 2. The van der Waals surface area contributed by atoms with Gasteiger partial charge in [0.2, 0.25) is 5.91 Å². The molecule has 0 radical (unpaired) electrons. The Kier molecular flexibility index (Phi) is 13.9. The van der Waals surface area contributed by atoms with Gasteiger partial charge in [0, 0.05) is 42.5 Å². The van der Waals surface area contributed by atoms with Crippen LogP contribution < -0.4 is 20.1 Å². The first-order chi connectivity index (χ1) is 21.7. The Bertz CT molecular complexity index is 1600. The zero-order valence-corrected chi connectivity index (χ0v) is 26.6. The van der Waals surface area contributed by atoms with E-state index in [0.717, 1.165) is 40.5 Å². The van der Waals surface area contributed by atoms with E-state index in [4.69, 9.17) is 9.47 Å². The lowest BCUT2D eigenvalue weighted by Gasteiger charge is -2.10. The van der Waals surface area contributed by atoms with Crippen molar-refractivity contribution in [3.8, 4) is 23.0 Å². The maximum Gasteiger partial charge on any atom is 0.224 e. The molecular formula is C39H42N2O4. The highest BCUT2D eigenvalue weighted by molar-refractivity contribution is 5.91. The Labute approximate surface area is 267 Å². The van der Waals surface area contributed by atoms with Gasteiger partial charge in [-0.1, -0.05) is 91.7 Å². The number of hydrogen-bond donors (Lipinski definition) is 2. The van der Waals surface area contributed by atoms with Crippen LogP contribution in [0.3, 0.4) is 0 Å². The van der Waals surface area contributed by atoms with E-state index >= 15 is 0 Å². The molecule has 0 aromatic heterocycles. The molecule has 0 unspecified atom stereocenters. The molecule has 6 nitrogen and oxygen atoms in total. The van der Waals surface area contributed by atoms with Crippen LogP contribution in [0.4, 0.5) is 11.4 Å². The maximum atomic E-state index is 11.8. The molecule has 45 heavy (non-hydrogen) atoms. The van der Waals surface area contributed by atoms with Crippen LogP contribution in [0.1, 0.15) is 41.8 Å². The molecule has 0 aliphatic heterocycles. The fraction of sp³-hybridized carbons (Fsp3) is 0.179. The van der Waals surface area contributed by atoms with Gasteiger partial charge in [-0.05, 0) is 68.3 Å². The van der Waals surface area contributed by atoms with Gasteiger partial charge in [0.25, 0.3) is 0 Å². The molecule has 0 bridgehead atoms. The van der Waals surface area contributed by atoms with E-state index in [1.165, 1.54) is 11.1 Å². The van der Waals surface area contributed by atoms with E-state index in [1.807, 2.05) is 143 Å². The molecule has 0 saturated heterocycles. The van der Waals surface area contributed by atoms with E-state index in [1.54, 1.807) is 12.1 Å². The summed E-state index contributed by atoms with van der Waals surface area (Å²) in [6.45, 7) is 8.15. The second kappa shape index (κ2) is 18.3. The summed E-state index contributed by atoms with van der Waals surface area (Å²) in [5.74, 6) is 3.57. The average Bonchev–Trinajstić information content (AvgIpc) is 3.04. The van der Waals surface area contributed by atoms with Crippen LogP contribution in [0.15, 0.2) is 127 Å². The minimum absolute atomic E-state index is 0.0254. The van der Waals surface area contributed by atoms with E-state index in [-0.39, 0.29) is 5.91 Å². The summed E-state index contributed by atoms with van der Waals surface area (Å²) >= 11 is 0. The minimum atomic E-state index is 0.0254. The first-order valence-corrected chi connectivity index (χ1v) is 14.9. The normalized spacial score (nSPS) is 9.91. The molecule has 5 aromatic carbocycles. The topological polar surface area (TPSA) is 76.7 Å². The van der Waals surface area contributed by atoms with Crippen molar-refractivity contribution in [2.75, 3.05) is 17.7 Å².